The lowest BCUT2D eigenvalue weighted by molar-refractivity contribution is 0.0812. The highest BCUT2D eigenvalue weighted by molar-refractivity contribution is 4.90. The van der Waals surface area contributed by atoms with Crippen molar-refractivity contribution in [1.82, 2.24) is 4.90 Å². The minimum absolute atomic E-state index is 0.208. The predicted molar refractivity (Wildman–Crippen MR) is 73.6 cm³/mol. The quantitative estimate of drug-likeness (QED) is 0.691. The smallest absolute Gasteiger partial charge is 0.0328 e. The lowest BCUT2D eigenvalue weighted by Crippen LogP contribution is -2.53. The van der Waals surface area contributed by atoms with Gasteiger partial charge in [-0.05, 0) is 31.7 Å². The topological polar surface area (TPSA) is 29.3 Å². The van der Waals surface area contributed by atoms with E-state index in [0.717, 1.165) is 25.4 Å². The highest BCUT2D eigenvalue weighted by Crippen LogP contribution is 2.28. The molecule has 0 saturated carbocycles. The summed E-state index contributed by atoms with van der Waals surface area (Å²) < 4.78 is 0. The molecule has 0 aromatic heterocycles. The summed E-state index contributed by atoms with van der Waals surface area (Å²) in [5, 5.41) is 0. The van der Waals surface area contributed by atoms with Crippen molar-refractivity contribution in [2.24, 2.45) is 17.6 Å². The third kappa shape index (κ3) is 4.42. The van der Waals surface area contributed by atoms with Gasteiger partial charge in [-0.15, -0.1) is 0 Å². The number of rotatable bonds is 8. The van der Waals surface area contributed by atoms with Crippen molar-refractivity contribution in [2.45, 2.75) is 59.4 Å². The molecule has 0 fully saturated rings. The summed E-state index contributed by atoms with van der Waals surface area (Å²) >= 11 is 0. The molecule has 0 aliphatic rings. The molecule has 0 amide bonds. The van der Waals surface area contributed by atoms with Crippen LogP contribution in [0.2, 0.25) is 0 Å². The van der Waals surface area contributed by atoms with Gasteiger partial charge in [-0.2, -0.15) is 0 Å². The number of likely N-dealkylation sites (N-methyl/N-ethyl adjacent to an activating group) is 1. The summed E-state index contributed by atoms with van der Waals surface area (Å²) in [6.45, 7) is 13.3. The van der Waals surface area contributed by atoms with E-state index in [4.69, 9.17) is 5.73 Å². The zero-order valence-electron chi connectivity index (χ0n) is 12.2. The summed E-state index contributed by atoms with van der Waals surface area (Å²) in [6.07, 6.45) is 3.62. The fourth-order valence-corrected chi connectivity index (χ4v) is 2.49. The molecule has 0 aromatic rings. The molecule has 2 unspecified atom stereocenters. The Kier molecular flexibility index (Phi) is 7.25. The van der Waals surface area contributed by atoms with E-state index in [2.05, 4.69) is 46.6 Å². The van der Waals surface area contributed by atoms with E-state index < -0.39 is 0 Å². The van der Waals surface area contributed by atoms with Crippen LogP contribution in [0, 0.1) is 11.8 Å². The lowest BCUT2D eigenvalue weighted by atomic mass is 9.83. The van der Waals surface area contributed by atoms with E-state index in [1.807, 2.05) is 0 Å². The van der Waals surface area contributed by atoms with Gasteiger partial charge in [0, 0.05) is 18.6 Å². The zero-order chi connectivity index (χ0) is 12.8. The summed E-state index contributed by atoms with van der Waals surface area (Å²) in [5.74, 6) is 1.47. The second kappa shape index (κ2) is 7.29. The molecule has 0 bridgehead atoms. The van der Waals surface area contributed by atoms with Crippen LogP contribution in [0.4, 0.5) is 0 Å². The second-order valence-corrected chi connectivity index (χ2v) is 5.77. The Hall–Kier alpha value is -0.0800. The molecule has 2 N–H and O–H groups in total. The van der Waals surface area contributed by atoms with E-state index >= 15 is 0 Å². The first-order valence-electron chi connectivity index (χ1n) is 6.83. The maximum absolute atomic E-state index is 6.06. The standard InChI is InChI=1S/C14H32N2/c1-7-13(5)9-14(8-2,11-15)16(6)10-12(3)4/h12-13H,7-11,15H2,1-6H3. The third-order valence-corrected chi connectivity index (χ3v) is 3.91. The van der Waals surface area contributed by atoms with Crippen molar-refractivity contribution < 1.29 is 0 Å². The van der Waals surface area contributed by atoms with E-state index in [1.54, 1.807) is 0 Å². The molecule has 2 nitrogen and oxygen atoms in total. The molecule has 0 rings (SSSR count). The van der Waals surface area contributed by atoms with E-state index in [-0.39, 0.29) is 5.54 Å². The molecule has 16 heavy (non-hydrogen) atoms. The summed E-state index contributed by atoms with van der Waals surface area (Å²) in [4.78, 5) is 2.49. The Bertz CT molecular complexity index is 174. The molecule has 98 valence electrons. The normalized spacial score (nSPS) is 17.8. The molecule has 2 atom stereocenters. The molecule has 0 saturated heterocycles. The highest BCUT2D eigenvalue weighted by atomic mass is 15.2. The van der Waals surface area contributed by atoms with Gasteiger partial charge in [0.05, 0.1) is 0 Å². The summed E-state index contributed by atoms with van der Waals surface area (Å²) in [6, 6.07) is 0. The van der Waals surface area contributed by atoms with Crippen LogP contribution in [-0.4, -0.2) is 30.6 Å². The average molecular weight is 228 g/mol. The number of hydrogen-bond acceptors (Lipinski definition) is 2. The highest BCUT2D eigenvalue weighted by Gasteiger charge is 2.32. The van der Waals surface area contributed by atoms with Gasteiger partial charge < -0.3 is 5.73 Å². The van der Waals surface area contributed by atoms with Crippen molar-refractivity contribution in [3.05, 3.63) is 0 Å². The molecule has 0 aliphatic carbocycles. The Labute approximate surface area is 103 Å². The molecule has 0 heterocycles. The van der Waals surface area contributed by atoms with Gasteiger partial charge in [-0.25, -0.2) is 0 Å². The zero-order valence-corrected chi connectivity index (χ0v) is 12.2. The minimum Gasteiger partial charge on any atom is -0.329 e. The minimum atomic E-state index is 0.208. The first-order valence-corrected chi connectivity index (χ1v) is 6.83. The van der Waals surface area contributed by atoms with Crippen molar-refractivity contribution >= 4 is 0 Å². The summed E-state index contributed by atoms with van der Waals surface area (Å²) in [5.41, 5.74) is 6.26. The number of nitrogens with two attached hydrogens (primary N) is 1. The van der Waals surface area contributed by atoms with E-state index in [1.165, 1.54) is 12.8 Å². The molecular formula is C14H32N2. The number of hydrogen-bond donors (Lipinski definition) is 1. The van der Waals surface area contributed by atoms with Gasteiger partial charge in [0.25, 0.3) is 0 Å². The molecule has 0 aromatic carbocycles. The van der Waals surface area contributed by atoms with Gasteiger partial charge in [-0.1, -0.05) is 41.0 Å². The predicted octanol–water partition coefficient (Wildman–Crippen LogP) is 3.12. The first kappa shape index (κ1) is 15.9. The van der Waals surface area contributed by atoms with Crippen molar-refractivity contribution in [2.75, 3.05) is 20.1 Å². The summed E-state index contributed by atoms with van der Waals surface area (Å²) in [7, 11) is 2.23. The van der Waals surface area contributed by atoms with E-state index in [9.17, 15) is 0 Å². The Morgan fingerprint density at radius 3 is 2.06 bits per heavy atom. The van der Waals surface area contributed by atoms with Crippen molar-refractivity contribution in [3.8, 4) is 0 Å². The molecule has 2 heteroatoms. The SMILES string of the molecule is CCC(C)CC(CC)(CN)N(C)CC(C)C. The van der Waals surface area contributed by atoms with Crippen molar-refractivity contribution in [3.63, 3.8) is 0 Å². The molecular weight excluding hydrogens is 196 g/mol. The van der Waals surface area contributed by atoms with Gasteiger partial charge >= 0.3 is 0 Å². The Balaban J connectivity index is 4.64. The van der Waals surface area contributed by atoms with Crippen LogP contribution in [-0.2, 0) is 0 Å². The monoisotopic (exact) mass is 228 g/mol. The molecule has 0 aliphatic heterocycles. The molecule has 0 spiro atoms. The van der Waals surface area contributed by atoms with Crippen molar-refractivity contribution in [1.29, 1.82) is 0 Å². The number of nitrogens with zero attached hydrogens (tertiary/aromatic N) is 1. The maximum atomic E-state index is 6.06. The van der Waals surface area contributed by atoms with E-state index in [0.29, 0.717) is 5.92 Å². The second-order valence-electron chi connectivity index (χ2n) is 5.77. The van der Waals surface area contributed by atoms with Gasteiger partial charge in [0.15, 0.2) is 0 Å². The van der Waals surface area contributed by atoms with Crippen LogP contribution in [0.15, 0.2) is 0 Å². The fourth-order valence-electron chi connectivity index (χ4n) is 2.49. The lowest BCUT2D eigenvalue weighted by Gasteiger charge is -2.43. The van der Waals surface area contributed by atoms with Crippen LogP contribution in [0.1, 0.15) is 53.9 Å². The van der Waals surface area contributed by atoms with Crippen LogP contribution in [0.5, 0.6) is 0 Å². The van der Waals surface area contributed by atoms with Crippen LogP contribution < -0.4 is 5.73 Å². The van der Waals surface area contributed by atoms with Crippen LogP contribution >= 0.6 is 0 Å². The van der Waals surface area contributed by atoms with Crippen LogP contribution in [0.3, 0.4) is 0 Å². The Morgan fingerprint density at radius 1 is 1.19 bits per heavy atom. The van der Waals surface area contributed by atoms with Gasteiger partial charge in [0.1, 0.15) is 0 Å². The largest absolute Gasteiger partial charge is 0.329 e. The maximum Gasteiger partial charge on any atom is 0.0328 e. The van der Waals surface area contributed by atoms with Gasteiger partial charge in [-0.3, -0.25) is 4.90 Å². The Morgan fingerprint density at radius 2 is 1.75 bits per heavy atom. The average Bonchev–Trinajstić information content (AvgIpc) is 2.24. The molecule has 0 radical (unpaired) electrons. The first-order chi connectivity index (χ1) is 7.41. The van der Waals surface area contributed by atoms with Crippen LogP contribution in [0.25, 0.3) is 0 Å². The third-order valence-electron chi connectivity index (χ3n) is 3.91. The van der Waals surface area contributed by atoms with Gasteiger partial charge in [0.2, 0.25) is 0 Å². The fraction of sp³-hybridized carbons (Fsp3) is 1.00.